The van der Waals surface area contributed by atoms with Gasteiger partial charge in [-0.25, -0.2) is 0 Å². The molecule has 0 aromatic heterocycles. The zero-order valence-corrected chi connectivity index (χ0v) is 11.0. The lowest BCUT2D eigenvalue weighted by atomic mass is 10.0. The van der Waals surface area contributed by atoms with Gasteiger partial charge in [-0.05, 0) is 24.6 Å². The molecule has 1 aromatic carbocycles. The summed E-state index contributed by atoms with van der Waals surface area (Å²) >= 11 is 0. The Balaban J connectivity index is 2.09. The number of aryl methyl sites for hydroxylation is 1. The van der Waals surface area contributed by atoms with Crippen LogP contribution in [0.1, 0.15) is 24.2 Å². The first-order valence-corrected chi connectivity index (χ1v) is 6.13. The van der Waals surface area contributed by atoms with Gasteiger partial charge in [-0.2, -0.15) is 0 Å². The van der Waals surface area contributed by atoms with E-state index in [1.807, 2.05) is 31.2 Å². The van der Waals surface area contributed by atoms with Gasteiger partial charge in [-0.15, -0.1) is 0 Å². The van der Waals surface area contributed by atoms with Crippen LogP contribution in [-0.2, 0) is 19.1 Å². The molecule has 0 radical (unpaired) electrons. The minimum atomic E-state index is -0.619. The second-order valence-electron chi connectivity index (χ2n) is 4.53. The van der Waals surface area contributed by atoms with Gasteiger partial charge < -0.3 is 9.47 Å². The van der Waals surface area contributed by atoms with Crippen molar-refractivity contribution in [3.63, 3.8) is 0 Å². The van der Waals surface area contributed by atoms with E-state index in [-0.39, 0.29) is 24.5 Å². The highest BCUT2D eigenvalue weighted by Crippen LogP contribution is 2.25. The van der Waals surface area contributed by atoms with E-state index in [9.17, 15) is 9.59 Å². The monoisotopic (exact) mass is 260 g/mol. The highest BCUT2D eigenvalue weighted by atomic mass is 16.6. The zero-order chi connectivity index (χ0) is 13.8. The van der Waals surface area contributed by atoms with E-state index < -0.39 is 6.10 Å². The Morgan fingerprint density at radius 3 is 2.63 bits per heavy atom. The van der Waals surface area contributed by atoms with Crippen molar-refractivity contribution in [2.24, 2.45) is 0 Å². The summed E-state index contributed by atoms with van der Waals surface area (Å²) in [5.74, 6) is -0.455. The Kier molecular flexibility index (Phi) is 4.12. The standard InChI is InChI=1S/C15H16O4/c1-10-3-5-12(6-4-10)15-14(17)8-7-13(19-15)9-18-11(2)16/h3-8,13,15H,9H2,1-2H3/t13-,15+/m0/s1. The molecular formula is C15H16O4. The van der Waals surface area contributed by atoms with Crippen molar-refractivity contribution in [2.45, 2.75) is 26.1 Å². The van der Waals surface area contributed by atoms with Crippen LogP contribution in [0.2, 0.25) is 0 Å². The normalized spacial score (nSPS) is 22.3. The molecule has 0 spiro atoms. The van der Waals surface area contributed by atoms with Gasteiger partial charge in [0.2, 0.25) is 0 Å². The fraction of sp³-hybridized carbons (Fsp3) is 0.333. The van der Waals surface area contributed by atoms with Crippen molar-refractivity contribution in [1.29, 1.82) is 0 Å². The van der Waals surface area contributed by atoms with Crippen LogP contribution in [0.4, 0.5) is 0 Å². The third-order valence-corrected chi connectivity index (χ3v) is 2.88. The molecule has 0 saturated heterocycles. The molecule has 1 aliphatic heterocycles. The van der Waals surface area contributed by atoms with E-state index in [1.54, 1.807) is 6.08 Å². The van der Waals surface area contributed by atoms with Crippen LogP contribution in [0.3, 0.4) is 0 Å². The molecule has 0 N–H and O–H groups in total. The predicted molar refractivity (Wildman–Crippen MR) is 69.6 cm³/mol. The molecule has 4 nitrogen and oxygen atoms in total. The number of carbonyl (C=O) groups is 2. The lowest BCUT2D eigenvalue weighted by Gasteiger charge is -2.25. The average molecular weight is 260 g/mol. The minimum absolute atomic E-state index is 0.0945. The molecule has 100 valence electrons. The van der Waals surface area contributed by atoms with Crippen molar-refractivity contribution in [3.8, 4) is 0 Å². The fourth-order valence-electron chi connectivity index (χ4n) is 1.86. The summed E-state index contributed by atoms with van der Waals surface area (Å²) in [6.45, 7) is 3.45. The van der Waals surface area contributed by atoms with Gasteiger partial charge in [-0.3, -0.25) is 9.59 Å². The largest absolute Gasteiger partial charge is 0.463 e. The molecule has 19 heavy (non-hydrogen) atoms. The number of esters is 1. The first-order chi connectivity index (χ1) is 9.06. The SMILES string of the molecule is CC(=O)OC[C@@H]1C=CC(=O)[C@@H](c2ccc(C)cc2)O1. The van der Waals surface area contributed by atoms with Crippen LogP contribution in [0.15, 0.2) is 36.4 Å². The Bertz CT molecular complexity index is 501. The number of carbonyl (C=O) groups excluding carboxylic acids is 2. The van der Waals surface area contributed by atoms with Gasteiger partial charge in [0.1, 0.15) is 18.8 Å². The predicted octanol–water partition coefficient (Wildman–Crippen LogP) is 2.12. The molecule has 4 heteroatoms. The van der Waals surface area contributed by atoms with E-state index in [2.05, 4.69) is 0 Å². The molecule has 0 amide bonds. The van der Waals surface area contributed by atoms with Gasteiger partial charge in [-0.1, -0.05) is 29.8 Å². The summed E-state index contributed by atoms with van der Waals surface area (Å²) in [6.07, 6.45) is 2.11. The van der Waals surface area contributed by atoms with Crippen molar-refractivity contribution < 1.29 is 19.1 Å². The topological polar surface area (TPSA) is 52.6 Å². The summed E-state index contributed by atoms with van der Waals surface area (Å²) < 4.78 is 10.6. The second-order valence-corrected chi connectivity index (χ2v) is 4.53. The van der Waals surface area contributed by atoms with Gasteiger partial charge in [0, 0.05) is 6.92 Å². The molecule has 1 aliphatic rings. The van der Waals surface area contributed by atoms with Crippen LogP contribution >= 0.6 is 0 Å². The van der Waals surface area contributed by atoms with E-state index in [1.165, 1.54) is 13.0 Å². The van der Waals surface area contributed by atoms with E-state index in [0.29, 0.717) is 0 Å². The molecule has 2 atom stereocenters. The van der Waals surface area contributed by atoms with Crippen LogP contribution in [0, 0.1) is 6.92 Å². The summed E-state index contributed by atoms with van der Waals surface area (Å²) in [6, 6.07) is 7.62. The number of benzene rings is 1. The summed E-state index contributed by atoms with van der Waals surface area (Å²) in [4.78, 5) is 22.6. The number of hydrogen-bond donors (Lipinski definition) is 0. The van der Waals surface area contributed by atoms with Crippen LogP contribution in [0.25, 0.3) is 0 Å². The quantitative estimate of drug-likeness (QED) is 0.781. The highest BCUT2D eigenvalue weighted by molar-refractivity contribution is 5.95. The fourth-order valence-corrected chi connectivity index (χ4v) is 1.86. The average Bonchev–Trinajstić information content (AvgIpc) is 2.39. The summed E-state index contributed by atoms with van der Waals surface area (Å²) in [5, 5.41) is 0. The molecule has 0 bridgehead atoms. The van der Waals surface area contributed by atoms with Crippen molar-refractivity contribution in [3.05, 3.63) is 47.5 Å². The Hall–Kier alpha value is -1.94. The van der Waals surface area contributed by atoms with Crippen LogP contribution < -0.4 is 0 Å². The third-order valence-electron chi connectivity index (χ3n) is 2.88. The maximum Gasteiger partial charge on any atom is 0.302 e. The van der Waals surface area contributed by atoms with E-state index in [4.69, 9.17) is 9.47 Å². The zero-order valence-electron chi connectivity index (χ0n) is 11.0. The van der Waals surface area contributed by atoms with E-state index in [0.717, 1.165) is 11.1 Å². The maximum atomic E-state index is 11.8. The van der Waals surface area contributed by atoms with Crippen molar-refractivity contribution in [2.75, 3.05) is 6.61 Å². The lowest BCUT2D eigenvalue weighted by molar-refractivity contribution is -0.147. The van der Waals surface area contributed by atoms with Crippen molar-refractivity contribution >= 4 is 11.8 Å². The molecule has 2 rings (SSSR count). The second kappa shape index (κ2) is 5.80. The van der Waals surface area contributed by atoms with Gasteiger partial charge in [0.25, 0.3) is 0 Å². The molecular weight excluding hydrogens is 244 g/mol. The first kappa shape index (κ1) is 13.5. The summed E-state index contributed by atoms with van der Waals surface area (Å²) in [7, 11) is 0. The molecule has 1 aromatic rings. The molecule has 0 unspecified atom stereocenters. The summed E-state index contributed by atoms with van der Waals surface area (Å²) in [5.41, 5.74) is 1.94. The number of ether oxygens (including phenoxy) is 2. The van der Waals surface area contributed by atoms with Gasteiger partial charge in [0.05, 0.1) is 0 Å². The first-order valence-electron chi connectivity index (χ1n) is 6.13. The van der Waals surface area contributed by atoms with E-state index >= 15 is 0 Å². The molecule has 0 saturated carbocycles. The maximum absolute atomic E-state index is 11.8. The Morgan fingerprint density at radius 2 is 2.00 bits per heavy atom. The molecule has 1 heterocycles. The number of ketones is 1. The molecule has 0 aliphatic carbocycles. The van der Waals surface area contributed by atoms with Gasteiger partial charge in [0.15, 0.2) is 5.78 Å². The third kappa shape index (κ3) is 3.51. The van der Waals surface area contributed by atoms with Crippen LogP contribution in [0.5, 0.6) is 0 Å². The number of hydrogen-bond acceptors (Lipinski definition) is 4. The smallest absolute Gasteiger partial charge is 0.302 e. The lowest BCUT2D eigenvalue weighted by Crippen LogP contribution is -2.29. The van der Waals surface area contributed by atoms with Crippen molar-refractivity contribution in [1.82, 2.24) is 0 Å². The van der Waals surface area contributed by atoms with Crippen LogP contribution in [-0.4, -0.2) is 24.5 Å². The molecule has 0 fully saturated rings. The highest BCUT2D eigenvalue weighted by Gasteiger charge is 2.27. The Morgan fingerprint density at radius 1 is 1.32 bits per heavy atom. The minimum Gasteiger partial charge on any atom is -0.463 e. The number of rotatable bonds is 3. The Labute approximate surface area is 112 Å². The van der Waals surface area contributed by atoms with Gasteiger partial charge >= 0.3 is 5.97 Å².